The molecule has 0 atom stereocenters. The van der Waals surface area contributed by atoms with Gasteiger partial charge in [-0.05, 0) is 53.8 Å². The molecule has 10 heteroatoms. The lowest BCUT2D eigenvalue weighted by atomic mass is 10.1. The number of hydrogen-bond acceptors (Lipinski definition) is 7. The fourth-order valence-corrected chi connectivity index (χ4v) is 4.44. The summed E-state index contributed by atoms with van der Waals surface area (Å²) in [4.78, 5) is 18.1. The van der Waals surface area contributed by atoms with Gasteiger partial charge in [0.05, 0.1) is 17.2 Å². The molecule has 0 radical (unpaired) electrons. The summed E-state index contributed by atoms with van der Waals surface area (Å²) in [5.41, 5.74) is 1.65. The van der Waals surface area contributed by atoms with E-state index in [1.165, 1.54) is 11.8 Å². The molecule has 0 bridgehead atoms. The molecule has 0 aromatic heterocycles. The number of thioether (sulfide) groups is 1. The first-order valence-corrected chi connectivity index (χ1v) is 11.3. The number of carbonyl (C=O) groups excluding carboxylic acids is 1. The monoisotopic (exact) mass is 483 g/mol. The number of amidine groups is 2. The van der Waals surface area contributed by atoms with Crippen molar-refractivity contribution >= 4 is 46.3 Å². The van der Waals surface area contributed by atoms with Crippen molar-refractivity contribution < 1.29 is 23.7 Å². The fourth-order valence-electron chi connectivity index (χ4n) is 3.46. The summed E-state index contributed by atoms with van der Waals surface area (Å²) < 4.78 is 22.5. The maximum atomic E-state index is 12.5. The first-order valence-electron chi connectivity index (χ1n) is 10.1. The molecule has 2 aromatic rings. The fraction of sp³-hybridized carbons (Fsp3) is 0.174. The minimum absolute atomic E-state index is 0.0588. The Bertz CT molecular complexity index is 1260. The van der Waals surface area contributed by atoms with Crippen molar-refractivity contribution in [2.24, 2.45) is 4.99 Å². The van der Waals surface area contributed by atoms with E-state index in [2.05, 4.69) is 4.99 Å². The quantitative estimate of drug-likeness (QED) is 0.588. The third-order valence-electron chi connectivity index (χ3n) is 4.98. The molecule has 0 saturated carbocycles. The van der Waals surface area contributed by atoms with Crippen LogP contribution >= 0.6 is 23.4 Å². The van der Waals surface area contributed by atoms with Gasteiger partial charge in [0.2, 0.25) is 6.79 Å². The number of nitrogens with one attached hydrogen (secondary N) is 1. The molecule has 33 heavy (non-hydrogen) atoms. The van der Waals surface area contributed by atoms with E-state index in [0.29, 0.717) is 45.4 Å². The molecule has 0 fully saturated rings. The predicted molar refractivity (Wildman–Crippen MR) is 126 cm³/mol. The Labute approximate surface area is 198 Å². The lowest BCUT2D eigenvalue weighted by molar-refractivity contribution is -0.114. The molecule has 168 valence electrons. The van der Waals surface area contributed by atoms with Crippen molar-refractivity contribution in [1.29, 1.82) is 5.41 Å². The highest BCUT2D eigenvalue weighted by Gasteiger charge is 2.31. The zero-order valence-electron chi connectivity index (χ0n) is 17.5. The van der Waals surface area contributed by atoms with Gasteiger partial charge >= 0.3 is 0 Å². The lowest BCUT2D eigenvalue weighted by Gasteiger charge is -2.22. The largest absolute Gasteiger partial charge is 0.490 e. The van der Waals surface area contributed by atoms with Crippen molar-refractivity contribution in [3.8, 4) is 23.0 Å². The van der Waals surface area contributed by atoms with E-state index < -0.39 is 5.91 Å². The van der Waals surface area contributed by atoms with Crippen molar-refractivity contribution in [3.63, 3.8) is 0 Å². The van der Waals surface area contributed by atoms with Crippen LogP contribution in [0.3, 0.4) is 0 Å². The molecule has 0 saturated heterocycles. The number of rotatable bonds is 6. The second-order valence-corrected chi connectivity index (χ2v) is 8.40. The molecule has 3 aliphatic rings. The van der Waals surface area contributed by atoms with Crippen LogP contribution in [0.25, 0.3) is 6.08 Å². The molecule has 1 amide bonds. The molecular weight excluding hydrogens is 466 g/mol. The summed E-state index contributed by atoms with van der Waals surface area (Å²) in [5.74, 6) is 1.79. The normalized spacial score (nSPS) is 17.5. The van der Waals surface area contributed by atoms with Gasteiger partial charge in [-0.1, -0.05) is 29.4 Å². The minimum atomic E-state index is -0.473. The van der Waals surface area contributed by atoms with E-state index in [1.807, 2.05) is 25.1 Å². The van der Waals surface area contributed by atoms with E-state index in [4.69, 9.17) is 36.0 Å². The van der Waals surface area contributed by atoms with Crippen LogP contribution in [-0.4, -0.2) is 35.2 Å². The first kappa shape index (κ1) is 21.4. The number of fused-ring (bicyclic) bond motifs is 2. The van der Waals surface area contributed by atoms with E-state index in [1.54, 1.807) is 34.7 Å². The lowest BCUT2D eigenvalue weighted by Crippen LogP contribution is -2.35. The van der Waals surface area contributed by atoms with Gasteiger partial charge in [0.25, 0.3) is 5.91 Å². The maximum Gasteiger partial charge on any atom is 0.283 e. The number of hydrogen-bond donors (Lipinski definition) is 1. The number of halogens is 1. The third-order valence-corrected chi connectivity index (χ3v) is 6.01. The van der Waals surface area contributed by atoms with Crippen LogP contribution in [0.5, 0.6) is 23.0 Å². The highest BCUT2D eigenvalue weighted by atomic mass is 35.5. The number of amides is 1. The van der Waals surface area contributed by atoms with E-state index in [-0.39, 0.29) is 24.8 Å². The Morgan fingerprint density at radius 1 is 1.24 bits per heavy atom. The van der Waals surface area contributed by atoms with Gasteiger partial charge in [0, 0.05) is 6.20 Å². The van der Waals surface area contributed by atoms with Gasteiger partial charge in [-0.2, -0.15) is 4.99 Å². The van der Waals surface area contributed by atoms with Crippen LogP contribution in [0, 0.1) is 5.41 Å². The molecular formula is C23H18ClN3O5S. The SMILES string of the molecule is CCOc1cc(/C=C2/C(=N)N3C=CSC3=NC2=O)cc(Cl)c1OCc1ccc2c(c1)OCO2. The number of carbonyl (C=O) groups is 1. The minimum Gasteiger partial charge on any atom is -0.490 e. The zero-order chi connectivity index (χ0) is 22.9. The number of benzene rings is 2. The van der Waals surface area contributed by atoms with Crippen LogP contribution in [0.2, 0.25) is 5.02 Å². The van der Waals surface area contributed by atoms with Crippen LogP contribution in [-0.2, 0) is 11.4 Å². The zero-order valence-corrected chi connectivity index (χ0v) is 19.0. The second kappa shape index (κ2) is 8.84. The van der Waals surface area contributed by atoms with Gasteiger partial charge in [-0.3, -0.25) is 15.1 Å². The van der Waals surface area contributed by atoms with Gasteiger partial charge in [-0.25, -0.2) is 0 Å². The molecule has 1 N–H and O–H groups in total. The highest BCUT2D eigenvalue weighted by Crippen LogP contribution is 2.39. The van der Waals surface area contributed by atoms with Crippen LogP contribution in [0.15, 0.2) is 52.5 Å². The van der Waals surface area contributed by atoms with Gasteiger partial charge in [-0.15, -0.1) is 0 Å². The first-order chi connectivity index (χ1) is 16.0. The molecule has 3 heterocycles. The number of aliphatic imine (C=N–C) groups is 1. The Morgan fingerprint density at radius 2 is 2.09 bits per heavy atom. The smallest absolute Gasteiger partial charge is 0.283 e. The summed E-state index contributed by atoms with van der Waals surface area (Å²) in [7, 11) is 0. The van der Waals surface area contributed by atoms with E-state index in [0.717, 1.165) is 5.56 Å². The Morgan fingerprint density at radius 3 is 2.94 bits per heavy atom. The van der Waals surface area contributed by atoms with Crippen molar-refractivity contribution in [2.75, 3.05) is 13.4 Å². The van der Waals surface area contributed by atoms with E-state index in [9.17, 15) is 4.79 Å². The van der Waals surface area contributed by atoms with Crippen LogP contribution in [0.1, 0.15) is 18.1 Å². The highest BCUT2D eigenvalue weighted by molar-refractivity contribution is 8.16. The Kier molecular flexibility index (Phi) is 5.74. The van der Waals surface area contributed by atoms with Crippen LogP contribution < -0.4 is 18.9 Å². The molecule has 5 rings (SSSR count). The standard InChI is InChI=1S/C23H18ClN3O5S/c1-2-29-19-10-14(7-15-21(25)27-5-6-33-23(27)26-22(15)28)8-16(24)20(19)30-11-13-3-4-17-18(9-13)32-12-31-17/h3-10,25H,2,11-12H2,1H3/b15-7-,25-21?. The van der Waals surface area contributed by atoms with E-state index >= 15 is 0 Å². The average molecular weight is 484 g/mol. The predicted octanol–water partition coefficient (Wildman–Crippen LogP) is 4.82. The topological polar surface area (TPSA) is 93.4 Å². The summed E-state index contributed by atoms with van der Waals surface area (Å²) in [6, 6.07) is 8.97. The van der Waals surface area contributed by atoms with Crippen molar-refractivity contribution in [1.82, 2.24) is 4.90 Å². The molecule has 3 aliphatic heterocycles. The third kappa shape index (κ3) is 4.17. The maximum absolute atomic E-state index is 12.5. The van der Waals surface area contributed by atoms with Crippen molar-refractivity contribution in [2.45, 2.75) is 13.5 Å². The second-order valence-electron chi connectivity index (χ2n) is 7.12. The average Bonchev–Trinajstić information content (AvgIpc) is 3.45. The van der Waals surface area contributed by atoms with Gasteiger partial charge < -0.3 is 18.9 Å². The van der Waals surface area contributed by atoms with Crippen molar-refractivity contribution in [3.05, 3.63) is 63.7 Å². The summed E-state index contributed by atoms with van der Waals surface area (Å²) >= 11 is 7.84. The summed E-state index contributed by atoms with van der Waals surface area (Å²) in [6.07, 6.45) is 3.29. The number of nitrogens with zero attached hydrogens (tertiary/aromatic N) is 2. The van der Waals surface area contributed by atoms with Gasteiger partial charge in [0.15, 0.2) is 28.2 Å². The molecule has 0 aliphatic carbocycles. The molecule has 0 unspecified atom stereocenters. The Hall–Kier alpha value is -3.43. The van der Waals surface area contributed by atoms with Crippen LogP contribution in [0.4, 0.5) is 0 Å². The summed E-state index contributed by atoms with van der Waals surface area (Å²) in [5, 5.41) is 11.0. The molecule has 0 spiro atoms. The summed E-state index contributed by atoms with van der Waals surface area (Å²) in [6.45, 7) is 2.70. The van der Waals surface area contributed by atoms with Gasteiger partial charge in [0.1, 0.15) is 12.4 Å². The number of ether oxygens (including phenoxy) is 4. The molecule has 2 aromatic carbocycles. The Balaban J connectivity index is 1.42. The molecule has 8 nitrogen and oxygen atoms in total.